The number of alkyl carbamates (subject to hydrolysis) is 1. The molecule has 38 valence electrons. The molecule has 0 rings (SSSR count). The first-order valence-corrected chi connectivity index (χ1v) is 1.57. The fourth-order valence-electron chi connectivity index (χ4n) is 0.102. The van der Waals surface area contributed by atoms with Gasteiger partial charge in [-0.25, -0.2) is 4.79 Å². The number of nitrogens with one attached hydrogen (secondary N) is 1. The van der Waals surface area contributed by atoms with Crippen LogP contribution in [0.15, 0.2) is 0 Å². The van der Waals surface area contributed by atoms with E-state index in [-0.39, 0.29) is 29.6 Å². The molecule has 3 nitrogen and oxygen atoms in total. The average molecular weight is 113 g/mol. The zero-order valence-corrected chi connectivity index (χ0v) is 3.82. The number of hydrogen-bond acceptors (Lipinski definition) is 2. The van der Waals surface area contributed by atoms with Gasteiger partial charge in [-0.15, -0.1) is 0 Å². The van der Waals surface area contributed by atoms with Crippen molar-refractivity contribution in [3.8, 4) is 0 Å². The number of rotatable bonds is 0. The summed E-state index contributed by atoms with van der Waals surface area (Å²) in [5, 5.41) is 2.25. The van der Waals surface area contributed by atoms with Gasteiger partial charge in [-0.05, 0) is 0 Å². The SMILES string of the molecule is CNC(=O)OC.[NaH]. The number of carbonyl (C=O) groups excluding carboxylic acids is 1. The fourth-order valence-corrected chi connectivity index (χ4v) is 0.102. The Balaban J connectivity index is 0. The van der Waals surface area contributed by atoms with Gasteiger partial charge in [-0.3, -0.25) is 0 Å². The second-order valence-corrected chi connectivity index (χ2v) is 0.742. The van der Waals surface area contributed by atoms with Crippen LogP contribution < -0.4 is 5.32 Å². The van der Waals surface area contributed by atoms with Crippen LogP contribution in [0, 0.1) is 0 Å². The van der Waals surface area contributed by atoms with E-state index in [9.17, 15) is 4.79 Å². The molecule has 1 amide bonds. The van der Waals surface area contributed by atoms with Crippen LogP contribution in [-0.2, 0) is 4.74 Å². The quantitative estimate of drug-likeness (QED) is 0.423. The molecular weight excluding hydrogens is 105 g/mol. The van der Waals surface area contributed by atoms with Gasteiger partial charge in [0.15, 0.2) is 0 Å². The molecule has 0 aliphatic rings. The summed E-state index contributed by atoms with van der Waals surface area (Å²) in [6.45, 7) is 0. The summed E-state index contributed by atoms with van der Waals surface area (Å²) in [5.41, 5.74) is 0. The molecule has 0 aromatic heterocycles. The number of ether oxygens (including phenoxy) is 1. The normalized spacial score (nSPS) is 6.00. The number of hydrogen-bond donors (Lipinski definition) is 1. The van der Waals surface area contributed by atoms with Crippen molar-refractivity contribution in [2.45, 2.75) is 0 Å². The molecule has 0 radical (unpaired) electrons. The van der Waals surface area contributed by atoms with Crippen LogP contribution in [0.1, 0.15) is 0 Å². The molecule has 4 heteroatoms. The van der Waals surface area contributed by atoms with E-state index in [0.717, 1.165) is 0 Å². The second-order valence-electron chi connectivity index (χ2n) is 0.742. The molecule has 0 saturated heterocycles. The first kappa shape index (κ1) is 10.3. The molecule has 0 aromatic carbocycles. The first-order chi connectivity index (χ1) is 2.81. The molecule has 0 fully saturated rings. The van der Waals surface area contributed by atoms with E-state index >= 15 is 0 Å². The monoisotopic (exact) mass is 113 g/mol. The van der Waals surface area contributed by atoms with Crippen molar-refractivity contribution < 1.29 is 9.53 Å². The van der Waals surface area contributed by atoms with Gasteiger partial charge in [0.25, 0.3) is 0 Å². The van der Waals surface area contributed by atoms with E-state index in [2.05, 4.69) is 10.1 Å². The van der Waals surface area contributed by atoms with Crippen molar-refractivity contribution in [2.75, 3.05) is 14.2 Å². The van der Waals surface area contributed by atoms with E-state index in [4.69, 9.17) is 0 Å². The molecule has 7 heavy (non-hydrogen) atoms. The van der Waals surface area contributed by atoms with Gasteiger partial charge in [0.1, 0.15) is 0 Å². The van der Waals surface area contributed by atoms with Crippen molar-refractivity contribution in [3.05, 3.63) is 0 Å². The molecular formula is C3H8NNaO2. The Hall–Kier alpha value is 0.270. The summed E-state index contributed by atoms with van der Waals surface area (Å²) in [6, 6.07) is 0. The van der Waals surface area contributed by atoms with E-state index < -0.39 is 6.09 Å². The molecule has 0 bridgehead atoms. The fraction of sp³-hybridized carbons (Fsp3) is 0.667. The molecule has 1 N–H and O–H groups in total. The molecule has 0 heterocycles. The minimum absolute atomic E-state index is 0. The van der Waals surface area contributed by atoms with Gasteiger partial charge in [0.2, 0.25) is 0 Å². The van der Waals surface area contributed by atoms with Crippen LogP contribution in [0.3, 0.4) is 0 Å². The standard InChI is InChI=1S/C3H7NO2.Na.H/c1-4-3(5)6-2;;/h1-2H3,(H,4,5);;. The van der Waals surface area contributed by atoms with Crippen LogP contribution in [0.5, 0.6) is 0 Å². The molecule has 0 spiro atoms. The first-order valence-electron chi connectivity index (χ1n) is 1.57. The van der Waals surface area contributed by atoms with Crippen LogP contribution in [0.2, 0.25) is 0 Å². The van der Waals surface area contributed by atoms with Crippen molar-refractivity contribution in [1.29, 1.82) is 0 Å². The number of carbonyl (C=O) groups is 1. The third-order valence-electron chi connectivity index (χ3n) is 0.390. The van der Waals surface area contributed by atoms with Gasteiger partial charge in [0, 0.05) is 7.05 Å². The van der Waals surface area contributed by atoms with Gasteiger partial charge >= 0.3 is 35.7 Å². The van der Waals surface area contributed by atoms with E-state index in [1.807, 2.05) is 0 Å². The Morgan fingerprint density at radius 2 is 2.14 bits per heavy atom. The summed E-state index contributed by atoms with van der Waals surface area (Å²) in [5.74, 6) is 0. The maximum absolute atomic E-state index is 9.85. The molecule has 0 aliphatic carbocycles. The topological polar surface area (TPSA) is 38.3 Å². The van der Waals surface area contributed by atoms with Crippen LogP contribution in [-0.4, -0.2) is 49.8 Å². The predicted octanol–water partition coefficient (Wildman–Crippen LogP) is -0.676. The van der Waals surface area contributed by atoms with E-state index in [0.29, 0.717) is 0 Å². The minimum atomic E-state index is -0.407. The van der Waals surface area contributed by atoms with Crippen LogP contribution in [0.25, 0.3) is 0 Å². The van der Waals surface area contributed by atoms with Gasteiger partial charge in [-0.1, -0.05) is 0 Å². The molecule has 0 atom stereocenters. The third-order valence-corrected chi connectivity index (χ3v) is 0.390. The Bertz CT molecular complexity index is 50.9. The Kier molecular flexibility index (Phi) is 9.22. The zero-order valence-electron chi connectivity index (χ0n) is 3.82. The molecule has 0 saturated carbocycles. The van der Waals surface area contributed by atoms with Gasteiger partial charge < -0.3 is 10.1 Å². The summed E-state index contributed by atoms with van der Waals surface area (Å²) in [4.78, 5) is 9.85. The van der Waals surface area contributed by atoms with Crippen molar-refractivity contribution in [1.82, 2.24) is 5.32 Å². The Morgan fingerprint density at radius 1 is 1.71 bits per heavy atom. The van der Waals surface area contributed by atoms with Crippen molar-refractivity contribution >= 4 is 35.7 Å². The predicted molar refractivity (Wildman–Crippen MR) is 28.6 cm³/mol. The van der Waals surface area contributed by atoms with Crippen molar-refractivity contribution in [3.63, 3.8) is 0 Å². The summed E-state index contributed by atoms with van der Waals surface area (Å²) >= 11 is 0. The van der Waals surface area contributed by atoms with Gasteiger partial charge in [-0.2, -0.15) is 0 Å². The number of amides is 1. The van der Waals surface area contributed by atoms with E-state index in [1.165, 1.54) is 14.2 Å². The summed E-state index contributed by atoms with van der Waals surface area (Å²) in [6.07, 6.45) is -0.407. The van der Waals surface area contributed by atoms with Crippen LogP contribution >= 0.6 is 0 Å². The van der Waals surface area contributed by atoms with Gasteiger partial charge in [0.05, 0.1) is 7.11 Å². The zero-order chi connectivity index (χ0) is 4.99. The maximum atomic E-state index is 9.85. The van der Waals surface area contributed by atoms with Crippen molar-refractivity contribution in [2.24, 2.45) is 0 Å². The molecule has 0 aromatic rings. The summed E-state index contributed by atoms with van der Waals surface area (Å²) in [7, 11) is 2.82. The number of methoxy groups -OCH3 is 1. The molecule has 0 aliphatic heterocycles. The van der Waals surface area contributed by atoms with E-state index in [1.54, 1.807) is 0 Å². The summed E-state index contributed by atoms with van der Waals surface area (Å²) < 4.78 is 4.15. The second kappa shape index (κ2) is 6.27. The third kappa shape index (κ3) is 6.27. The average Bonchev–Trinajstić information content (AvgIpc) is 1.65. The van der Waals surface area contributed by atoms with Crippen LogP contribution in [0.4, 0.5) is 4.79 Å². The molecule has 0 unspecified atom stereocenters. The Morgan fingerprint density at radius 3 is 2.14 bits per heavy atom. The Labute approximate surface area is 64.7 Å².